The lowest BCUT2D eigenvalue weighted by atomic mass is 10.0. The summed E-state index contributed by atoms with van der Waals surface area (Å²) < 4.78 is 3.59. The van der Waals surface area contributed by atoms with Crippen molar-refractivity contribution in [3.05, 3.63) is 126 Å². The van der Waals surface area contributed by atoms with Crippen LogP contribution in [0.5, 0.6) is 0 Å². The molecule has 0 amide bonds. The average molecular weight is 536 g/mol. The number of fused-ring (bicyclic) bond motifs is 4. The second-order valence-corrected chi connectivity index (χ2v) is 11.4. The highest BCUT2D eigenvalue weighted by molar-refractivity contribution is 7.21. The summed E-state index contributed by atoms with van der Waals surface area (Å²) in [6.07, 6.45) is 1.85. The minimum Gasteiger partial charge on any atom is -0.309 e. The standard InChI is InChI=1S/C34H21N3S2/c1-2-10-33-30(9-1)36-34(39-33)24-11-13-27-28-19-22(25-15-17-38-21-25)12-14-31(28)37(32(27)20-24)26-7-5-6-23(18-26)29-8-3-4-16-35-29/h1-21H. The number of hydrogen-bond acceptors (Lipinski definition) is 4. The van der Waals surface area contributed by atoms with Gasteiger partial charge >= 0.3 is 0 Å². The van der Waals surface area contributed by atoms with Crippen LogP contribution in [0.3, 0.4) is 0 Å². The normalized spacial score (nSPS) is 11.6. The second-order valence-electron chi connectivity index (χ2n) is 9.56. The number of thiophene rings is 1. The Morgan fingerprint density at radius 2 is 1.54 bits per heavy atom. The van der Waals surface area contributed by atoms with E-state index in [9.17, 15) is 0 Å². The first-order valence-corrected chi connectivity index (χ1v) is 14.6. The summed E-state index contributed by atoms with van der Waals surface area (Å²) in [7, 11) is 0. The Bertz CT molecular complexity index is 2090. The van der Waals surface area contributed by atoms with E-state index in [1.54, 1.807) is 22.7 Å². The third kappa shape index (κ3) is 3.78. The molecule has 0 fully saturated rings. The van der Waals surface area contributed by atoms with Gasteiger partial charge in [-0.05, 0) is 82.6 Å². The Morgan fingerprint density at radius 1 is 0.615 bits per heavy atom. The number of benzene rings is 4. The molecule has 0 bridgehead atoms. The number of thiazole rings is 1. The van der Waals surface area contributed by atoms with Gasteiger partial charge in [0.15, 0.2) is 0 Å². The summed E-state index contributed by atoms with van der Waals surface area (Å²) in [5, 5.41) is 7.86. The second kappa shape index (κ2) is 9.02. The Hall–Kier alpha value is -4.58. The lowest BCUT2D eigenvalue weighted by molar-refractivity contribution is 1.18. The van der Waals surface area contributed by atoms with Crippen molar-refractivity contribution in [3.63, 3.8) is 0 Å². The average Bonchev–Trinajstić information content (AvgIpc) is 3.75. The first-order chi connectivity index (χ1) is 19.3. The van der Waals surface area contributed by atoms with E-state index in [-0.39, 0.29) is 0 Å². The molecule has 3 nitrogen and oxygen atoms in total. The fourth-order valence-electron chi connectivity index (χ4n) is 5.37. The smallest absolute Gasteiger partial charge is 0.124 e. The highest BCUT2D eigenvalue weighted by Gasteiger charge is 2.16. The largest absolute Gasteiger partial charge is 0.309 e. The molecular formula is C34H21N3S2. The highest BCUT2D eigenvalue weighted by Crippen LogP contribution is 2.39. The van der Waals surface area contributed by atoms with E-state index < -0.39 is 0 Å². The van der Waals surface area contributed by atoms with Crippen LogP contribution in [0, 0.1) is 0 Å². The lowest BCUT2D eigenvalue weighted by Crippen LogP contribution is -1.95. The monoisotopic (exact) mass is 535 g/mol. The van der Waals surface area contributed by atoms with Gasteiger partial charge in [0, 0.05) is 33.8 Å². The first kappa shape index (κ1) is 22.4. The maximum Gasteiger partial charge on any atom is 0.124 e. The third-order valence-corrected chi connectivity index (χ3v) is 9.00. The van der Waals surface area contributed by atoms with Crippen molar-refractivity contribution in [1.29, 1.82) is 0 Å². The topological polar surface area (TPSA) is 30.7 Å². The van der Waals surface area contributed by atoms with Gasteiger partial charge in [0.25, 0.3) is 0 Å². The maximum atomic E-state index is 4.95. The summed E-state index contributed by atoms with van der Waals surface area (Å²) in [4.78, 5) is 9.55. The van der Waals surface area contributed by atoms with Gasteiger partial charge < -0.3 is 4.57 Å². The maximum absolute atomic E-state index is 4.95. The molecule has 8 rings (SSSR count). The van der Waals surface area contributed by atoms with Crippen molar-refractivity contribution in [2.75, 3.05) is 0 Å². The molecule has 4 aromatic carbocycles. The number of aromatic nitrogens is 3. The van der Waals surface area contributed by atoms with Crippen molar-refractivity contribution in [2.45, 2.75) is 0 Å². The van der Waals surface area contributed by atoms with Gasteiger partial charge in [0.05, 0.1) is 26.9 Å². The molecular weight excluding hydrogens is 515 g/mol. The van der Waals surface area contributed by atoms with Crippen LogP contribution in [0.2, 0.25) is 0 Å². The predicted octanol–water partition coefficient (Wildman–Crippen LogP) is 9.85. The van der Waals surface area contributed by atoms with Gasteiger partial charge in [0.2, 0.25) is 0 Å². The van der Waals surface area contributed by atoms with Crippen molar-refractivity contribution in [2.24, 2.45) is 0 Å². The van der Waals surface area contributed by atoms with E-state index in [0.717, 1.165) is 33.0 Å². The van der Waals surface area contributed by atoms with Crippen LogP contribution in [-0.2, 0) is 0 Å². The van der Waals surface area contributed by atoms with Crippen molar-refractivity contribution < 1.29 is 0 Å². The molecule has 0 aliphatic heterocycles. The minimum atomic E-state index is 0.968. The molecule has 0 N–H and O–H groups in total. The molecule has 0 spiro atoms. The SMILES string of the molecule is c1ccc(-c2cccc(-n3c4ccc(-c5ccsc5)cc4c4ccc(-c5nc6ccccc6s5)cc43)c2)nc1. The summed E-state index contributed by atoms with van der Waals surface area (Å²) >= 11 is 3.47. The number of hydrogen-bond donors (Lipinski definition) is 0. The molecule has 0 aliphatic carbocycles. The lowest BCUT2D eigenvalue weighted by Gasteiger charge is -2.11. The van der Waals surface area contributed by atoms with Crippen molar-refractivity contribution in [1.82, 2.24) is 14.5 Å². The fourth-order valence-corrected chi connectivity index (χ4v) is 7.00. The number of pyridine rings is 1. The quantitative estimate of drug-likeness (QED) is 0.224. The van der Waals surface area contributed by atoms with Gasteiger partial charge in [-0.1, -0.05) is 48.5 Å². The zero-order valence-electron chi connectivity index (χ0n) is 20.8. The molecule has 0 atom stereocenters. The van der Waals surface area contributed by atoms with Crippen molar-refractivity contribution in [3.8, 4) is 38.6 Å². The van der Waals surface area contributed by atoms with Gasteiger partial charge in [-0.3, -0.25) is 4.98 Å². The minimum absolute atomic E-state index is 0.968. The molecule has 5 heteroatoms. The Labute approximate surface area is 233 Å². The summed E-state index contributed by atoms with van der Waals surface area (Å²) in [5.41, 5.74) is 10.2. The van der Waals surface area contributed by atoms with E-state index in [1.165, 1.54) is 37.6 Å². The molecule has 0 radical (unpaired) electrons. The predicted molar refractivity (Wildman–Crippen MR) is 166 cm³/mol. The van der Waals surface area contributed by atoms with Gasteiger partial charge in [-0.25, -0.2) is 4.98 Å². The van der Waals surface area contributed by atoms with Gasteiger partial charge in [-0.2, -0.15) is 11.3 Å². The van der Waals surface area contributed by atoms with E-state index in [1.807, 2.05) is 24.4 Å². The molecule has 0 saturated heterocycles. The molecule has 8 aromatic rings. The van der Waals surface area contributed by atoms with Crippen molar-refractivity contribution >= 4 is 54.7 Å². The third-order valence-electron chi connectivity index (χ3n) is 7.23. The Kier molecular flexibility index (Phi) is 5.18. The Morgan fingerprint density at radius 3 is 2.41 bits per heavy atom. The van der Waals surface area contributed by atoms with Gasteiger partial charge in [-0.15, -0.1) is 11.3 Å². The van der Waals surface area contributed by atoms with Crippen LogP contribution in [-0.4, -0.2) is 14.5 Å². The summed E-state index contributed by atoms with van der Waals surface area (Å²) in [5.74, 6) is 0. The zero-order chi connectivity index (χ0) is 25.8. The molecule has 4 aromatic heterocycles. The molecule has 0 unspecified atom stereocenters. The summed E-state index contributed by atoms with van der Waals surface area (Å²) in [6.45, 7) is 0. The number of para-hydroxylation sites is 1. The van der Waals surface area contributed by atoms with E-state index in [2.05, 4.69) is 111 Å². The van der Waals surface area contributed by atoms with Crippen LogP contribution in [0.25, 0.3) is 70.7 Å². The Balaban J connectivity index is 1.39. The van der Waals surface area contributed by atoms with E-state index in [4.69, 9.17) is 4.98 Å². The van der Waals surface area contributed by atoms with Crippen LogP contribution in [0.15, 0.2) is 126 Å². The molecule has 184 valence electrons. The van der Waals surface area contributed by atoms with E-state index >= 15 is 0 Å². The molecule has 4 heterocycles. The highest BCUT2D eigenvalue weighted by atomic mass is 32.1. The zero-order valence-corrected chi connectivity index (χ0v) is 22.4. The van der Waals surface area contributed by atoms with Crippen LogP contribution < -0.4 is 0 Å². The molecule has 0 saturated carbocycles. The summed E-state index contributed by atoms with van der Waals surface area (Å²) in [6, 6.07) is 38.8. The van der Waals surface area contributed by atoms with E-state index in [0.29, 0.717) is 0 Å². The van der Waals surface area contributed by atoms with Crippen LogP contribution in [0.1, 0.15) is 0 Å². The molecule has 39 heavy (non-hydrogen) atoms. The number of rotatable bonds is 4. The first-order valence-electron chi connectivity index (χ1n) is 12.8. The molecule has 0 aliphatic rings. The van der Waals surface area contributed by atoms with Crippen LogP contribution >= 0.6 is 22.7 Å². The number of nitrogens with zero attached hydrogens (tertiary/aromatic N) is 3. The van der Waals surface area contributed by atoms with Crippen LogP contribution in [0.4, 0.5) is 0 Å². The fraction of sp³-hybridized carbons (Fsp3) is 0. The van der Waals surface area contributed by atoms with Gasteiger partial charge in [0.1, 0.15) is 5.01 Å².